The van der Waals surface area contributed by atoms with Gasteiger partial charge >= 0.3 is 0 Å². The van der Waals surface area contributed by atoms with Gasteiger partial charge in [-0.15, -0.1) is 6.58 Å². The van der Waals surface area contributed by atoms with Gasteiger partial charge in [0.25, 0.3) is 0 Å². The zero-order valence-electron chi connectivity index (χ0n) is 18.7. The fourth-order valence-corrected chi connectivity index (χ4v) is 3.51. The van der Waals surface area contributed by atoms with Crippen molar-refractivity contribution in [2.24, 2.45) is 0 Å². The molecular weight excluding hydrogens is 350 g/mol. The monoisotopic (exact) mass is 397 g/mol. The highest BCUT2D eigenvalue weighted by atomic mass is 16.5. The van der Waals surface area contributed by atoms with E-state index in [0.29, 0.717) is 6.42 Å². The van der Waals surface area contributed by atoms with Crippen LogP contribution in [0.15, 0.2) is 12.7 Å². The number of hydrogen-bond acceptors (Lipinski definition) is 3. The molecule has 0 aromatic carbocycles. The second-order valence-corrected chi connectivity index (χ2v) is 8.06. The maximum absolute atomic E-state index is 12.0. The lowest BCUT2D eigenvalue weighted by Gasteiger charge is -2.21. The van der Waals surface area contributed by atoms with Crippen LogP contribution in [0.25, 0.3) is 0 Å². The van der Waals surface area contributed by atoms with Gasteiger partial charge in [-0.2, -0.15) is 0 Å². The van der Waals surface area contributed by atoms with Crippen LogP contribution in [0.5, 0.6) is 0 Å². The average molecular weight is 398 g/mol. The van der Waals surface area contributed by atoms with Crippen molar-refractivity contribution in [1.82, 2.24) is 5.32 Å². The van der Waals surface area contributed by atoms with Crippen molar-refractivity contribution in [3.05, 3.63) is 12.7 Å². The minimum absolute atomic E-state index is 0.0161. The molecular formula is C24H47NO3. The first-order valence-electron chi connectivity index (χ1n) is 11.7. The van der Waals surface area contributed by atoms with Gasteiger partial charge in [0.15, 0.2) is 0 Å². The highest BCUT2D eigenvalue weighted by Crippen LogP contribution is 2.13. The summed E-state index contributed by atoms with van der Waals surface area (Å²) in [7, 11) is 1.56. The molecule has 0 bridgehead atoms. The molecule has 0 unspecified atom stereocenters. The van der Waals surface area contributed by atoms with Gasteiger partial charge in [-0.3, -0.25) is 4.79 Å². The fourth-order valence-electron chi connectivity index (χ4n) is 3.51. The fraction of sp³-hybridized carbons (Fsp3) is 0.875. The largest absolute Gasteiger partial charge is 0.387 e. The summed E-state index contributed by atoms with van der Waals surface area (Å²) >= 11 is 0. The minimum Gasteiger partial charge on any atom is -0.387 e. The number of aliphatic hydroxyl groups is 1. The number of rotatable bonds is 21. The first-order chi connectivity index (χ1) is 13.7. The van der Waals surface area contributed by atoms with Crippen LogP contribution in [0.4, 0.5) is 0 Å². The van der Waals surface area contributed by atoms with Crippen molar-refractivity contribution in [3.63, 3.8) is 0 Å². The second-order valence-electron chi connectivity index (χ2n) is 8.06. The van der Waals surface area contributed by atoms with Crippen LogP contribution in [0.3, 0.4) is 0 Å². The highest BCUT2D eigenvalue weighted by Gasteiger charge is 2.18. The molecule has 0 aliphatic heterocycles. The summed E-state index contributed by atoms with van der Waals surface area (Å²) in [6.07, 6.45) is 21.0. The van der Waals surface area contributed by atoms with E-state index in [-0.39, 0.29) is 12.5 Å². The summed E-state index contributed by atoms with van der Waals surface area (Å²) in [5.41, 5.74) is 0. The van der Waals surface area contributed by atoms with E-state index in [0.717, 1.165) is 12.8 Å². The van der Waals surface area contributed by atoms with Gasteiger partial charge in [0.2, 0.25) is 5.91 Å². The first kappa shape index (κ1) is 27.1. The normalized spacial score (nSPS) is 13.2. The molecule has 0 aromatic heterocycles. The van der Waals surface area contributed by atoms with Gasteiger partial charge in [0.1, 0.15) is 0 Å². The van der Waals surface area contributed by atoms with Crippen molar-refractivity contribution < 1.29 is 14.6 Å². The van der Waals surface area contributed by atoms with E-state index < -0.39 is 12.1 Å². The van der Waals surface area contributed by atoms with Crippen LogP contribution in [-0.2, 0) is 9.53 Å². The van der Waals surface area contributed by atoms with Crippen molar-refractivity contribution in [3.8, 4) is 0 Å². The van der Waals surface area contributed by atoms with E-state index in [2.05, 4.69) is 18.8 Å². The van der Waals surface area contributed by atoms with Crippen LogP contribution >= 0.6 is 0 Å². The highest BCUT2D eigenvalue weighted by molar-refractivity contribution is 5.76. The molecule has 0 saturated carbocycles. The standard InChI is InChI=1S/C24H47NO3/c1-4-6-7-8-9-10-11-12-13-14-15-16-17-18-19-20-24(27)25-22(21-28-3)23(26)5-2/h5,22-23,26H,2,4,6-21H2,1,3H3,(H,25,27)/t22-,23+/m0/s1. The SMILES string of the molecule is C=C[C@@H](O)[C@H](COC)NC(=O)CCCCCCCCCCCCCCCCC. The summed E-state index contributed by atoms with van der Waals surface area (Å²) < 4.78 is 5.04. The van der Waals surface area contributed by atoms with E-state index >= 15 is 0 Å². The van der Waals surface area contributed by atoms with Crippen molar-refractivity contribution >= 4 is 5.91 Å². The number of hydrogen-bond donors (Lipinski definition) is 2. The van der Waals surface area contributed by atoms with Crippen LogP contribution in [0.2, 0.25) is 0 Å². The topological polar surface area (TPSA) is 58.6 Å². The zero-order chi connectivity index (χ0) is 20.9. The van der Waals surface area contributed by atoms with Gasteiger partial charge in [0.05, 0.1) is 18.8 Å². The summed E-state index contributed by atoms with van der Waals surface area (Å²) in [5, 5.41) is 12.6. The third-order valence-electron chi connectivity index (χ3n) is 5.35. The van der Waals surface area contributed by atoms with Gasteiger partial charge in [-0.05, 0) is 6.42 Å². The van der Waals surface area contributed by atoms with E-state index in [1.807, 2.05) is 0 Å². The van der Waals surface area contributed by atoms with Crippen molar-refractivity contribution in [2.45, 2.75) is 122 Å². The Bertz CT molecular complexity index is 360. The Morgan fingerprint density at radius 3 is 1.71 bits per heavy atom. The van der Waals surface area contributed by atoms with Crippen molar-refractivity contribution in [2.75, 3.05) is 13.7 Å². The molecule has 2 atom stereocenters. The number of carbonyl (C=O) groups is 1. The van der Waals surface area contributed by atoms with Crippen LogP contribution in [-0.4, -0.2) is 36.9 Å². The predicted molar refractivity (Wildman–Crippen MR) is 120 cm³/mol. The lowest BCUT2D eigenvalue weighted by molar-refractivity contribution is -0.123. The quantitative estimate of drug-likeness (QED) is 0.186. The Labute approximate surface area is 174 Å². The Kier molecular flexibility index (Phi) is 20.2. The van der Waals surface area contributed by atoms with E-state index in [1.54, 1.807) is 7.11 Å². The molecule has 0 aliphatic rings. The first-order valence-corrected chi connectivity index (χ1v) is 11.7. The van der Waals surface area contributed by atoms with Gasteiger partial charge < -0.3 is 15.2 Å². The molecule has 0 spiro atoms. The van der Waals surface area contributed by atoms with E-state index in [9.17, 15) is 9.90 Å². The molecule has 166 valence electrons. The molecule has 0 aliphatic carbocycles. The summed E-state index contributed by atoms with van der Waals surface area (Å²) in [5.74, 6) is -0.0161. The molecule has 1 amide bonds. The zero-order valence-corrected chi connectivity index (χ0v) is 18.7. The van der Waals surface area contributed by atoms with Gasteiger partial charge in [0, 0.05) is 13.5 Å². The molecule has 0 rings (SSSR count). The summed E-state index contributed by atoms with van der Waals surface area (Å²) in [6, 6.07) is -0.411. The third kappa shape index (κ3) is 17.2. The average Bonchev–Trinajstić information content (AvgIpc) is 2.70. The minimum atomic E-state index is -0.773. The number of aliphatic hydroxyl groups excluding tert-OH is 1. The van der Waals surface area contributed by atoms with Gasteiger partial charge in [-0.25, -0.2) is 0 Å². The number of amides is 1. The molecule has 4 nitrogen and oxygen atoms in total. The lowest BCUT2D eigenvalue weighted by Crippen LogP contribution is -2.45. The molecule has 0 heterocycles. The molecule has 28 heavy (non-hydrogen) atoms. The molecule has 0 aromatic rings. The van der Waals surface area contributed by atoms with E-state index in [4.69, 9.17) is 4.74 Å². The lowest BCUT2D eigenvalue weighted by atomic mass is 10.0. The third-order valence-corrected chi connectivity index (χ3v) is 5.35. The van der Waals surface area contributed by atoms with Crippen LogP contribution in [0.1, 0.15) is 110 Å². The molecule has 4 heteroatoms. The number of carbonyl (C=O) groups excluding carboxylic acids is 1. The molecule has 0 radical (unpaired) electrons. The van der Waals surface area contributed by atoms with Crippen LogP contribution < -0.4 is 5.32 Å². The Morgan fingerprint density at radius 2 is 1.32 bits per heavy atom. The number of methoxy groups -OCH3 is 1. The Hall–Kier alpha value is -0.870. The maximum atomic E-state index is 12.0. The predicted octanol–water partition coefficient (Wildman–Crippen LogP) is 5.93. The van der Waals surface area contributed by atoms with Gasteiger partial charge in [-0.1, -0.05) is 103 Å². The molecule has 0 saturated heterocycles. The number of unbranched alkanes of at least 4 members (excludes halogenated alkanes) is 14. The summed E-state index contributed by atoms with van der Waals surface area (Å²) in [4.78, 5) is 12.0. The maximum Gasteiger partial charge on any atom is 0.220 e. The number of ether oxygens (including phenoxy) is 1. The Balaban J connectivity index is 3.40. The molecule has 2 N–H and O–H groups in total. The number of nitrogens with one attached hydrogen (secondary N) is 1. The summed E-state index contributed by atoms with van der Waals surface area (Å²) in [6.45, 7) is 6.12. The van der Waals surface area contributed by atoms with Crippen LogP contribution in [0, 0.1) is 0 Å². The second kappa shape index (κ2) is 20.9. The smallest absolute Gasteiger partial charge is 0.220 e. The molecule has 0 fully saturated rings. The van der Waals surface area contributed by atoms with E-state index in [1.165, 1.54) is 89.5 Å². The van der Waals surface area contributed by atoms with Crippen molar-refractivity contribution in [1.29, 1.82) is 0 Å². The Morgan fingerprint density at radius 1 is 0.893 bits per heavy atom.